The Morgan fingerprint density at radius 3 is 2.65 bits per heavy atom. The number of hydrogen-bond donors (Lipinski definition) is 2. The first-order valence-electron chi connectivity index (χ1n) is 6.25. The molecule has 1 heterocycles. The number of rotatable bonds is 5. The maximum atomic E-state index is 5.50. The van der Waals surface area contributed by atoms with Crippen LogP contribution in [0, 0.1) is 11.8 Å². The number of nitrogens with zero attached hydrogens (tertiary/aromatic N) is 2. The Hall–Kier alpha value is -1.10. The van der Waals surface area contributed by atoms with Gasteiger partial charge in [-0.2, -0.15) is 0 Å². The van der Waals surface area contributed by atoms with Crippen LogP contribution >= 0.6 is 0 Å². The van der Waals surface area contributed by atoms with E-state index < -0.39 is 0 Å². The highest BCUT2D eigenvalue weighted by Crippen LogP contribution is 2.37. The average molecular weight is 238 g/mol. The minimum Gasteiger partial charge on any atom is -0.407 e. The summed E-state index contributed by atoms with van der Waals surface area (Å²) < 4.78 is 5.50. The van der Waals surface area contributed by atoms with Crippen molar-refractivity contribution in [3.8, 4) is 0 Å². The normalized spacial score (nSPS) is 23.8. The van der Waals surface area contributed by atoms with Crippen molar-refractivity contribution in [1.82, 2.24) is 15.5 Å². The average Bonchev–Trinajstić information content (AvgIpc) is 2.77. The van der Waals surface area contributed by atoms with Gasteiger partial charge in [-0.05, 0) is 39.0 Å². The molecule has 0 amide bonds. The van der Waals surface area contributed by atoms with Gasteiger partial charge in [-0.3, -0.25) is 0 Å². The first-order chi connectivity index (χ1) is 7.94. The van der Waals surface area contributed by atoms with Crippen LogP contribution < -0.4 is 10.6 Å². The van der Waals surface area contributed by atoms with E-state index in [9.17, 15) is 0 Å². The fourth-order valence-corrected chi connectivity index (χ4v) is 1.64. The molecule has 2 unspecified atom stereocenters. The van der Waals surface area contributed by atoms with Crippen LogP contribution in [0.1, 0.15) is 40.0 Å². The highest BCUT2D eigenvalue weighted by Gasteiger charge is 2.32. The van der Waals surface area contributed by atoms with E-state index in [1.807, 2.05) is 0 Å². The summed E-state index contributed by atoms with van der Waals surface area (Å²) in [5, 5.41) is 14.5. The van der Waals surface area contributed by atoms with Gasteiger partial charge in [-0.15, -0.1) is 5.10 Å². The third-order valence-electron chi connectivity index (χ3n) is 3.03. The predicted molar refractivity (Wildman–Crippen MR) is 66.7 cm³/mol. The van der Waals surface area contributed by atoms with Gasteiger partial charge in [0.05, 0.1) is 6.54 Å². The van der Waals surface area contributed by atoms with Crippen molar-refractivity contribution < 1.29 is 4.42 Å². The highest BCUT2D eigenvalue weighted by molar-refractivity contribution is 5.18. The molecule has 0 spiro atoms. The second-order valence-electron chi connectivity index (χ2n) is 5.96. The molecule has 2 N–H and O–H groups in total. The molecular weight excluding hydrogens is 216 g/mol. The SMILES string of the molecule is CC1CC1CNc1nnc(CNC(C)(C)C)o1. The van der Waals surface area contributed by atoms with E-state index in [0.717, 1.165) is 18.4 Å². The summed E-state index contributed by atoms with van der Waals surface area (Å²) >= 11 is 0. The zero-order chi connectivity index (χ0) is 12.5. The van der Waals surface area contributed by atoms with Crippen molar-refractivity contribution in [2.75, 3.05) is 11.9 Å². The first kappa shape index (κ1) is 12.4. The van der Waals surface area contributed by atoms with Crippen molar-refractivity contribution in [3.05, 3.63) is 5.89 Å². The summed E-state index contributed by atoms with van der Waals surface area (Å²) in [6, 6.07) is 0.537. The van der Waals surface area contributed by atoms with Gasteiger partial charge in [0, 0.05) is 12.1 Å². The quantitative estimate of drug-likeness (QED) is 0.821. The van der Waals surface area contributed by atoms with Crippen LogP contribution in [0.4, 0.5) is 6.01 Å². The molecule has 1 aromatic heterocycles. The van der Waals surface area contributed by atoms with Gasteiger partial charge in [-0.25, -0.2) is 0 Å². The molecule has 2 atom stereocenters. The van der Waals surface area contributed by atoms with Crippen molar-refractivity contribution in [2.24, 2.45) is 11.8 Å². The lowest BCUT2D eigenvalue weighted by Crippen LogP contribution is -2.35. The van der Waals surface area contributed by atoms with E-state index in [-0.39, 0.29) is 5.54 Å². The van der Waals surface area contributed by atoms with Crippen molar-refractivity contribution >= 4 is 6.01 Å². The maximum Gasteiger partial charge on any atom is 0.315 e. The molecule has 1 aliphatic carbocycles. The van der Waals surface area contributed by atoms with Gasteiger partial charge >= 0.3 is 6.01 Å². The van der Waals surface area contributed by atoms with Gasteiger partial charge in [0.2, 0.25) is 5.89 Å². The van der Waals surface area contributed by atoms with Crippen LogP contribution in [0.3, 0.4) is 0 Å². The predicted octanol–water partition coefficient (Wildman–Crippen LogP) is 2.03. The minimum absolute atomic E-state index is 0.0610. The van der Waals surface area contributed by atoms with E-state index in [1.54, 1.807) is 0 Å². The van der Waals surface area contributed by atoms with Gasteiger partial charge in [-0.1, -0.05) is 12.0 Å². The number of aromatic nitrogens is 2. The molecule has 0 bridgehead atoms. The molecule has 0 aliphatic heterocycles. The molecule has 1 fully saturated rings. The first-order valence-corrected chi connectivity index (χ1v) is 6.25. The summed E-state index contributed by atoms with van der Waals surface area (Å²) in [5.74, 6) is 2.25. The van der Waals surface area contributed by atoms with E-state index in [2.05, 4.69) is 48.5 Å². The van der Waals surface area contributed by atoms with E-state index in [4.69, 9.17) is 4.42 Å². The van der Waals surface area contributed by atoms with Crippen LogP contribution in [-0.4, -0.2) is 22.3 Å². The maximum absolute atomic E-state index is 5.50. The van der Waals surface area contributed by atoms with Crippen molar-refractivity contribution in [3.63, 3.8) is 0 Å². The molecule has 1 aliphatic rings. The molecule has 0 saturated heterocycles. The summed E-state index contributed by atoms with van der Waals surface area (Å²) in [7, 11) is 0. The zero-order valence-electron chi connectivity index (χ0n) is 11.1. The lowest BCUT2D eigenvalue weighted by molar-refractivity contribution is 0.383. The Bertz CT molecular complexity index is 369. The van der Waals surface area contributed by atoms with Crippen molar-refractivity contribution in [1.29, 1.82) is 0 Å². The second-order valence-corrected chi connectivity index (χ2v) is 5.96. The zero-order valence-corrected chi connectivity index (χ0v) is 11.1. The minimum atomic E-state index is 0.0610. The molecule has 5 heteroatoms. The van der Waals surface area contributed by atoms with Crippen LogP contribution in [0.15, 0.2) is 4.42 Å². The fourth-order valence-electron chi connectivity index (χ4n) is 1.64. The Morgan fingerprint density at radius 1 is 1.35 bits per heavy atom. The van der Waals surface area contributed by atoms with E-state index in [0.29, 0.717) is 18.5 Å². The molecule has 96 valence electrons. The van der Waals surface area contributed by atoms with Gasteiger partial charge in [0.1, 0.15) is 0 Å². The van der Waals surface area contributed by atoms with Crippen LogP contribution in [-0.2, 0) is 6.54 Å². The molecule has 0 aromatic carbocycles. The Labute approximate surface area is 102 Å². The molecule has 1 aromatic rings. The summed E-state index contributed by atoms with van der Waals surface area (Å²) in [6.07, 6.45) is 1.31. The van der Waals surface area contributed by atoms with Crippen LogP contribution in [0.25, 0.3) is 0 Å². The molecule has 2 rings (SSSR count). The molecular formula is C12H22N4O. The third-order valence-corrected chi connectivity index (χ3v) is 3.03. The van der Waals surface area contributed by atoms with Gasteiger partial charge in [0.25, 0.3) is 0 Å². The number of hydrogen-bond acceptors (Lipinski definition) is 5. The summed E-state index contributed by atoms with van der Waals surface area (Å²) in [6.45, 7) is 10.1. The highest BCUT2D eigenvalue weighted by atomic mass is 16.4. The third kappa shape index (κ3) is 4.00. The number of anilines is 1. The standard InChI is InChI=1S/C12H22N4O/c1-8-5-9(8)6-13-11-16-15-10(17-11)7-14-12(2,3)4/h8-9,14H,5-7H2,1-4H3,(H,13,16). The largest absolute Gasteiger partial charge is 0.407 e. The van der Waals surface area contributed by atoms with Crippen molar-refractivity contribution in [2.45, 2.75) is 46.2 Å². The Balaban J connectivity index is 1.75. The monoisotopic (exact) mass is 238 g/mol. The summed E-state index contributed by atoms with van der Waals surface area (Å²) in [4.78, 5) is 0. The molecule has 1 saturated carbocycles. The second kappa shape index (κ2) is 4.64. The molecule has 17 heavy (non-hydrogen) atoms. The fraction of sp³-hybridized carbons (Fsp3) is 0.833. The smallest absolute Gasteiger partial charge is 0.315 e. The Morgan fingerprint density at radius 2 is 2.06 bits per heavy atom. The summed E-state index contributed by atoms with van der Waals surface area (Å²) in [5.41, 5.74) is 0.0610. The Kier molecular flexibility index (Phi) is 3.38. The lowest BCUT2D eigenvalue weighted by Gasteiger charge is -2.18. The van der Waals surface area contributed by atoms with Crippen LogP contribution in [0.5, 0.6) is 0 Å². The van der Waals surface area contributed by atoms with E-state index in [1.165, 1.54) is 6.42 Å². The molecule has 0 radical (unpaired) electrons. The lowest BCUT2D eigenvalue weighted by atomic mass is 10.1. The van der Waals surface area contributed by atoms with E-state index >= 15 is 0 Å². The number of nitrogens with one attached hydrogen (secondary N) is 2. The van der Waals surface area contributed by atoms with Crippen LogP contribution in [0.2, 0.25) is 0 Å². The topological polar surface area (TPSA) is 63.0 Å². The van der Waals surface area contributed by atoms with Gasteiger partial charge in [0.15, 0.2) is 0 Å². The molecule has 5 nitrogen and oxygen atoms in total. The van der Waals surface area contributed by atoms with Gasteiger partial charge < -0.3 is 15.1 Å².